The minimum absolute atomic E-state index is 0.180. The van der Waals surface area contributed by atoms with Crippen molar-refractivity contribution < 1.29 is 23.8 Å². The fraction of sp³-hybridized carbons (Fsp3) is 0.588. The van der Waals surface area contributed by atoms with E-state index >= 15 is 0 Å². The molecule has 7 heteroatoms. The number of hydrogen-bond acceptors (Lipinski definition) is 6. The van der Waals surface area contributed by atoms with Gasteiger partial charge in [0.05, 0.1) is 17.7 Å². The Kier molecular flexibility index (Phi) is 4.34. The van der Waals surface area contributed by atoms with Crippen molar-refractivity contribution in [1.82, 2.24) is 9.88 Å². The molecule has 0 aliphatic carbocycles. The van der Waals surface area contributed by atoms with Crippen LogP contribution < -0.4 is 4.74 Å². The number of rotatable bonds is 2. The second-order valence-electron chi connectivity index (χ2n) is 7.03. The maximum absolute atomic E-state index is 12.2. The Morgan fingerprint density at radius 1 is 1.42 bits per heavy atom. The normalized spacial score (nSPS) is 20.4. The van der Waals surface area contributed by atoms with E-state index in [0.717, 1.165) is 12.8 Å². The molecule has 3 heterocycles. The molecule has 1 saturated heterocycles. The van der Waals surface area contributed by atoms with E-state index in [1.54, 1.807) is 11.0 Å². The highest BCUT2D eigenvalue weighted by molar-refractivity contribution is 5.93. The van der Waals surface area contributed by atoms with E-state index in [0.29, 0.717) is 30.1 Å². The lowest BCUT2D eigenvalue weighted by Crippen LogP contribution is -2.46. The molecule has 0 radical (unpaired) electrons. The molecule has 7 nitrogen and oxygen atoms in total. The van der Waals surface area contributed by atoms with Crippen LogP contribution in [0.5, 0.6) is 5.88 Å². The molecule has 0 N–H and O–H groups in total. The summed E-state index contributed by atoms with van der Waals surface area (Å²) in [6.07, 6.45) is 2.67. The number of amides is 1. The van der Waals surface area contributed by atoms with Gasteiger partial charge in [0.15, 0.2) is 0 Å². The predicted octanol–water partition coefficient (Wildman–Crippen LogP) is 2.53. The first-order valence-corrected chi connectivity index (χ1v) is 8.13. The van der Waals surface area contributed by atoms with Gasteiger partial charge in [-0.15, -0.1) is 0 Å². The molecule has 3 rings (SSSR count). The van der Waals surface area contributed by atoms with Gasteiger partial charge in [0.25, 0.3) is 0 Å². The summed E-state index contributed by atoms with van der Waals surface area (Å²) in [5, 5.41) is 0. The molecular formula is C17H22N2O5. The Morgan fingerprint density at radius 2 is 2.21 bits per heavy atom. The van der Waals surface area contributed by atoms with Gasteiger partial charge in [-0.25, -0.2) is 14.6 Å². The van der Waals surface area contributed by atoms with Crippen molar-refractivity contribution in [2.45, 2.75) is 51.9 Å². The Bertz CT molecular complexity index is 653. The van der Waals surface area contributed by atoms with Crippen molar-refractivity contribution >= 4 is 12.1 Å². The zero-order valence-corrected chi connectivity index (χ0v) is 14.2. The van der Waals surface area contributed by atoms with Crippen molar-refractivity contribution in [1.29, 1.82) is 0 Å². The largest absolute Gasteiger partial charge is 0.472 e. The zero-order chi connectivity index (χ0) is 17.3. The first kappa shape index (κ1) is 16.5. The van der Waals surface area contributed by atoms with Gasteiger partial charge in [-0.3, -0.25) is 0 Å². The van der Waals surface area contributed by atoms with Crippen LogP contribution >= 0.6 is 0 Å². The van der Waals surface area contributed by atoms with Crippen LogP contribution in [0.4, 0.5) is 4.79 Å². The van der Waals surface area contributed by atoms with E-state index in [2.05, 4.69) is 4.98 Å². The average Bonchev–Trinajstić information content (AvgIpc) is 2.89. The number of cyclic esters (lactones) is 1. The van der Waals surface area contributed by atoms with Gasteiger partial charge < -0.3 is 19.1 Å². The minimum Gasteiger partial charge on any atom is -0.472 e. The first-order chi connectivity index (χ1) is 11.3. The summed E-state index contributed by atoms with van der Waals surface area (Å²) in [6, 6.07) is 1.63. The monoisotopic (exact) mass is 334 g/mol. The number of pyridine rings is 1. The van der Waals surface area contributed by atoms with Crippen LogP contribution in [0, 0.1) is 0 Å². The summed E-state index contributed by atoms with van der Waals surface area (Å²) in [5.41, 5.74) is 0.654. The van der Waals surface area contributed by atoms with Gasteiger partial charge in [0.2, 0.25) is 5.88 Å². The Morgan fingerprint density at radius 3 is 2.96 bits per heavy atom. The van der Waals surface area contributed by atoms with Crippen LogP contribution in [0.3, 0.4) is 0 Å². The van der Waals surface area contributed by atoms with Crippen LogP contribution in [0.2, 0.25) is 0 Å². The number of likely N-dealkylation sites (tertiary alicyclic amines) is 1. The molecule has 130 valence electrons. The fourth-order valence-electron chi connectivity index (χ4n) is 2.81. The summed E-state index contributed by atoms with van der Waals surface area (Å²) in [6.45, 7) is 6.80. The summed E-state index contributed by atoms with van der Waals surface area (Å²) in [5.74, 6) is 0.0608. The predicted molar refractivity (Wildman–Crippen MR) is 84.8 cm³/mol. The number of aromatic nitrogens is 1. The van der Waals surface area contributed by atoms with Crippen LogP contribution in [0.1, 0.15) is 49.5 Å². The quantitative estimate of drug-likeness (QED) is 0.774. The number of hydrogen-bond donors (Lipinski definition) is 0. The molecule has 1 fully saturated rings. The maximum atomic E-state index is 12.2. The van der Waals surface area contributed by atoms with Gasteiger partial charge in [-0.2, -0.15) is 0 Å². The van der Waals surface area contributed by atoms with Gasteiger partial charge in [-0.05, 0) is 39.7 Å². The highest BCUT2D eigenvalue weighted by Gasteiger charge is 2.31. The number of ether oxygens (including phenoxy) is 3. The second-order valence-corrected chi connectivity index (χ2v) is 7.03. The minimum atomic E-state index is -0.523. The third-order valence-corrected chi connectivity index (χ3v) is 3.89. The maximum Gasteiger partial charge on any atom is 0.410 e. The lowest BCUT2D eigenvalue weighted by molar-refractivity contribution is 0.00693. The smallest absolute Gasteiger partial charge is 0.410 e. The van der Waals surface area contributed by atoms with Crippen molar-refractivity contribution in [3.8, 4) is 5.88 Å². The van der Waals surface area contributed by atoms with Crippen LogP contribution in [0.15, 0.2) is 12.3 Å². The standard InChI is InChI=1S/C17H22N2O5/c1-17(2,3)24-16(21)19-8-4-5-11(9-19)23-14-13-10-22-15(20)12(13)6-7-18-14/h6-7,11H,4-5,8-10H2,1-3H3. The van der Waals surface area contributed by atoms with Crippen molar-refractivity contribution in [2.24, 2.45) is 0 Å². The lowest BCUT2D eigenvalue weighted by atomic mass is 10.1. The number of piperidine rings is 1. The van der Waals surface area contributed by atoms with E-state index in [-0.39, 0.29) is 24.8 Å². The molecule has 0 saturated carbocycles. The van der Waals surface area contributed by atoms with Crippen LogP contribution in [-0.2, 0) is 16.1 Å². The van der Waals surface area contributed by atoms with E-state index in [1.807, 2.05) is 20.8 Å². The number of esters is 1. The van der Waals surface area contributed by atoms with E-state index in [1.165, 1.54) is 6.20 Å². The van der Waals surface area contributed by atoms with Crippen molar-refractivity contribution in [2.75, 3.05) is 13.1 Å². The Hall–Kier alpha value is -2.31. The molecule has 24 heavy (non-hydrogen) atoms. The second kappa shape index (κ2) is 6.30. The number of carbonyl (C=O) groups excluding carboxylic acids is 2. The third kappa shape index (κ3) is 3.60. The first-order valence-electron chi connectivity index (χ1n) is 8.13. The molecule has 1 amide bonds. The van der Waals surface area contributed by atoms with Gasteiger partial charge in [0, 0.05) is 12.7 Å². The summed E-state index contributed by atoms with van der Waals surface area (Å²) >= 11 is 0. The molecule has 2 aliphatic rings. The molecule has 1 unspecified atom stereocenters. The molecule has 1 aromatic heterocycles. The molecule has 1 aromatic rings. The summed E-state index contributed by atoms with van der Waals surface area (Å²) in [7, 11) is 0. The topological polar surface area (TPSA) is 78.0 Å². The molecule has 1 atom stereocenters. The summed E-state index contributed by atoms with van der Waals surface area (Å²) in [4.78, 5) is 29.7. The molecule has 0 aromatic carbocycles. The Balaban J connectivity index is 1.66. The average molecular weight is 334 g/mol. The number of carbonyl (C=O) groups is 2. The lowest BCUT2D eigenvalue weighted by Gasteiger charge is -2.34. The molecular weight excluding hydrogens is 312 g/mol. The fourth-order valence-corrected chi connectivity index (χ4v) is 2.81. The molecule has 2 aliphatic heterocycles. The SMILES string of the molecule is CC(C)(C)OC(=O)N1CCCC(Oc2nccc3c2COC3=O)C1. The Labute approximate surface area is 140 Å². The summed E-state index contributed by atoms with van der Waals surface area (Å²) < 4.78 is 16.4. The molecule has 0 spiro atoms. The van der Waals surface area contributed by atoms with Crippen LogP contribution in [0.25, 0.3) is 0 Å². The molecule has 0 bridgehead atoms. The van der Waals surface area contributed by atoms with E-state index in [4.69, 9.17) is 14.2 Å². The highest BCUT2D eigenvalue weighted by Crippen LogP contribution is 2.29. The van der Waals surface area contributed by atoms with E-state index < -0.39 is 5.60 Å². The third-order valence-electron chi connectivity index (χ3n) is 3.89. The van der Waals surface area contributed by atoms with Gasteiger partial charge in [0.1, 0.15) is 18.3 Å². The van der Waals surface area contributed by atoms with Gasteiger partial charge >= 0.3 is 12.1 Å². The zero-order valence-electron chi connectivity index (χ0n) is 14.2. The number of nitrogens with zero attached hydrogens (tertiary/aromatic N) is 2. The highest BCUT2D eigenvalue weighted by atomic mass is 16.6. The van der Waals surface area contributed by atoms with Crippen LogP contribution in [-0.4, -0.2) is 46.7 Å². The number of fused-ring (bicyclic) bond motifs is 1. The van der Waals surface area contributed by atoms with Gasteiger partial charge in [-0.1, -0.05) is 0 Å². The van der Waals surface area contributed by atoms with E-state index in [9.17, 15) is 9.59 Å². The van der Waals surface area contributed by atoms with Crippen molar-refractivity contribution in [3.63, 3.8) is 0 Å². The van der Waals surface area contributed by atoms with Crippen molar-refractivity contribution in [3.05, 3.63) is 23.4 Å².